The summed E-state index contributed by atoms with van der Waals surface area (Å²) >= 11 is 5.04. The van der Waals surface area contributed by atoms with Crippen LogP contribution in [-0.4, -0.2) is 30.1 Å². The van der Waals surface area contributed by atoms with Crippen molar-refractivity contribution < 1.29 is 27.4 Å². The Morgan fingerprint density at radius 2 is 1.97 bits per heavy atom. The summed E-state index contributed by atoms with van der Waals surface area (Å²) in [5.74, 6) is 0.343. The van der Waals surface area contributed by atoms with Gasteiger partial charge in [-0.05, 0) is 54.2 Å². The molecule has 0 saturated carbocycles. The van der Waals surface area contributed by atoms with Crippen LogP contribution < -0.4 is 14.8 Å². The van der Waals surface area contributed by atoms with Crippen LogP contribution in [0.4, 0.5) is 13.2 Å². The molecule has 1 aliphatic heterocycles. The van der Waals surface area contributed by atoms with Gasteiger partial charge in [0.25, 0.3) is 5.91 Å². The van der Waals surface area contributed by atoms with E-state index in [-0.39, 0.29) is 18.3 Å². The lowest BCUT2D eigenvalue weighted by molar-refractivity contribution is -0.137. The van der Waals surface area contributed by atoms with Gasteiger partial charge < -0.3 is 14.8 Å². The van der Waals surface area contributed by atoms with Crippen molar-refractivity contribution in [3.05, 3.63) is 64.9 Å². The van der Waals surface area contributed by atoms with Gasteiger partial charge in [0.2, 0.25) is 0 Å². The number of thiocarbonyl (C=S) groups is 1. The van der Waals surface area contributed by atoms with E-state index in [2.05, 4.69) is 5.32 Å². The van der Waals surface area contributed by atoms with Gasteiger partial charge in [-0.25, -0.2) is 0 Å². The van der Waals surface area contributed by atoms with E-state index in [1.165, 1.54) is 24.1 Å². The van der Waals surface area contributed by atoms with E-state index >= 15 is 0 Å². The number of hydrogen-bond acceptors (Lipinski definition) is 4. The van der Waals surface area contributed by atoms with Crippen LogP contribution in [0, 0.1) is 0 Å². The van der Waals surface area contributed by atoms with Gasteiger partial charge in [0, 0.05) is 12.6 Å². The minimum atomic E-state index is -4.45. The second-order valence-corrected chi connectivity index (χ2v) is 6.62. The lowest BCUT2D eigenvalue weighted by Gasteiger charge is -2.13. The summed E-state index contributed by atoms with van der Waals surface area (Å²) in [5.41, 5.74) is 0.835. The van der Waals surface area contributed by atoms with Crippen molar-refractivity contribution in [2.45, 2.75) is 12.8 Å². The van der Waals surface area contributed by atoms with Gasteiger partial charge in [0.15, 0.2) is 5.11 Å². The van der Waals surface area contributed by atoms with Crippen LogP contribution in [0.1, 0.15) is 16.7 Å². The third-order valence-electron chi connectivity index (χ3n) is 4.25. The second-order valence-electron chi connectivity index (χ2n) is 6.24. The van der Waals surface area contributed by atoms with Crippen LogP contribution in [0.5, 0.6) is 11.5 Å². The topological polar surface area (TPSA) is 50.8 Å². The molecule has 0 radical (unpaired) electrons. The predicted octanol–water partition coefficient (Wildman–Crippen LogP) is 3.98. The van der Waals surface area contributed by atoms with Crippen molar-refractivity contribution in [3.8, 4) is 11.5 Å². The highest BCUT2D eigenvalue weighted by Crippen LogP contribution is 2.32. The number of rotatable bonds is 5. The molecule has 152 valence electrons. The maximum atomic E-state index is 12.9. The number of halogens is 3. The molecule has 0 spiro atoms. The molecule has 0 aliphatic carbocycles. The van der Waals surface area contributed by atoms with Crippen LogP contribution in [0.15, 0.2) is 48.2 Å². The number of carbonyl (C=O) groups is 1. The Morgan fingerprint density at radius 1 is 1.21 bits per heavy atom. The molecule has 5 nitrogen and oxygen atoms in total. The first-order valence-electron chi connectivity index (χ1n) is 8.47. The van der Waals surface area contributed by atoms with Crippen LogP contribution in [0.3, 0.4) is 0 Å². The van der Waals surface area contributed by atoms with Gasteiger partial charge in [-0.15, -0.1) is 0 Å². The molecule has 0 unspecified atom stereocenters. The highest BCUT2D eigenvalue weighted by molar-refractivity contribution is 7.80. The predicted molar refractivity (Wildman–Crippen MR) is 105 cm³/mol. The lowest BCUT2D eigenvalue weighted by Crippen LogP contribution is -2.25. The molecule has 29 heavy (non-hydrogen) atoms. The van der Waals surface area contributed by atoms with E-state index in [1.54, 1.807) is 31.3 Å². The van der Waals surface area contributed by atoms with Crippen LogP contribution in [0.2, 0.25) is 0 Å². The largest absolute Gasteiger partial charge is 0.496 e. The SMILES string of the molecule is COc1ccc(/C=C2/NC(=S)N(C)C2=O)cc1COc1cccc(C(F)(F)F)c1. The standard InChI is InChI=1S/C20H17F3N2O3S/c1-25-18(26)16(24-19(25)29)9-12-6-7-17(27-2)13(8-12)11-28-15-5-3-4-14(10-15)20(21,22)23/h3-10H,11H2,1-2H3,(H,24,29)/b16-9+. The fourth-order valence-electron chi connectivity index (χ4n) is 2.71. The summed E-state index contributed by atoms with van der Waals surface area (Å²) in [6.45, 7) is -0.0127. The van der Waals surface area contributed by atoms with Crippen molar-refractivity contribution in [2.24, 2.45) is 0 Å². The normalized spacial score (nSPS) is 15.6. The zero-order valence-corrected chi connectivity index (χ0v) is 16.4. The smallest absolute Gasteiger partial charge is 0.416 e. The van der Waals surface area contributed by atoms with E-state index in [9.17, 15) is 18.0 Å². The molecule has 1 N–H and O–H groups in total. The number of methoxy groups -OCH3 is 1. The van der Waals surface area contributed by atoms with Crippen LogP contribution in [-0.2, 0) is 17.6 Å². The minimum absolute atomic E-state index is 0.0127. The quantitative estimate of drug-likeness (QED) is 0.584. The molecule has 1 saturated heterocycles. The Morgan fingerprint density at radius 3 is 2.59 bits per heavy atom. The monoisotopic (exact) mass is 422 g/mol. The molecule has 0 aromatic heterocycles. The van der Waals surface area contributed by atoms with Gasteiger partial charge in [0.1, 0.15) is 23.8 Å². The number of alkyl halides is 3. The van der Waals surface area contributed by atoms with E-state index < -0.39 is 11.7 Å². The number of nitrogens with zero attached hydrogens (tertiary/aromatic N) is 1. The van der Waals surface area contributed by atoms with Gasteiger partial charge in [0.05, 0.1) is 12.7 Å². The molecule has 3 rings (SSSR count). The summed E-state index contributed by atoms with van der Waals surface area (Å²) in [7, 11) is 3.05. The number of benzene rings is 2. The average molecular weight is 422 g/mol. The first-order valence-corrected chi connectivity index (χ1v) is 8.87. The zero-order valence-electron chi connectivity index (χ0n) is 15.5. The first-order chi connectivity index (χ1) is 13.7. The molecule has 0 atom stereocenters. The first kappa shape index (κ1) is 20.7. The molecular formula is C20H17F3N2O3S. The van der Waals surface area contributed by atoms with Gasteiger partial charge >= 0.3 is 6.18 Å². The number of amides is 1. The highest BCUT2D eigenvalue weighted by Gasteiger charge is 2.30. The summed E-state index contributed by atoms with van der Waals surface area (Å²) in [5, 5.41) is 3.14. The molecule has 1 heterocycles. The van der Waals surface area contributed by atoms with Crippen LogP contribution >= 0.6 is 12.2 Å². The van der Waals surface area contributed by atoms with Crippen molar-refractivity contribution in [1.82, 2.24) is 10.2 Å². The molecule has 9 heteroatoms. The summed E-state index contributed by atoms with van der Waals surface area (Å²) < 4.78 is 49.4. The summed E-state index contributed by atoms with van der Waals surface area (Å²) in [4.78, 5) is 13.4. The maximum Gasteiger partial charge on any atom is 0.416 e. The number of ether oxygens (including phenoxy) is 2. The molecule has 2 aromatic rings. The van der Waals surface area contributed by atoms with Crippen molar-refractivity contribution >= 4 is 29.3 Å². The number of carbonyl (C=O) groups excluding carboxylic acids is 1. The Labute approximate surface area is 170 Å². The van der Waals surface area contributed by atoms with E-state index in [0.717, 1.165) is 12.1 Å². The highest BCUT2D eigenvalue weighted by atomic mass is 32.1. The van der Waals surface area contributed by atoms with Crippen molar-refractivity contribution in [1.29, 1.82) is 0 Å². The maximum absolute atomic E-state index is 12.9. The summed E-state index contributed by atoms with van der Waals surface area (Å²) in [6.07, 6.45) is -2.82. The average Bonchev–Trinajstić information content (AvgIpc) is 2.93. The Balaban J connectivity index is 1.82. The Kier molecular flexibility index (Phi) is 5.78. The molecular weight excluding hydrogens is 405 g/mol. The fourth-order valence-corrected chi connectivity index (χ4v) is 2.91. The summed E-state index contributed by atoms with van der Waals surface area (Å²) in [6, 6.07) is 9.83. The number of hydrogen-bond donors (Lipinski definition) is 1. The van der Waals surface area contributed by atoms with E-state index in [1.807, 2.05) is 0 Å². The fraction of sp³-hybridized carbons (Fsp3) is 0.200. The van der Waals surface area contributed by atoms with Gasteiger partial charge in [-0.2, -0.15) is 13.2 Å². The molecule has 0 bridgehead atoms. The van der Waals surface area contributed by atoms with Crippen LogP contribution in [0.25, 0.3) is 6.08 Å². The third-order valence-corrected chi connectivity index (χ3v) is 4.63. The Hall–Kier alpha value is -3.07. The third kappa shape index (κ3) is 4.68. The number of nitrogens with one attached hydrogen (secondary N) is 1. The molecule has 1 amide bonds. The van der Waals surface area contributed by atoms with Crippen molar-refractivity contribution in [2.75, 3.05) is 14.2 Å². The van der Waals surface area contributed by atoms with Crippen molar-refractivity contribution in [3.63, 3.8) is 0 Å². The van der Waals surface area contributed by atoms with Gasteiger partial charge in [-0.1, -0.05) is 12.1 Å². The molecule has 1 aliphatic rings. The van der Waals surface area contributed by atoms with E-state index in [0.29, 0.717) is 27.7 Å². The molecule has 2 aromatic carbocycles. The minimum Gasteiger partial charge on any atom is -0.496 e. The Bertz CT molecular complexity index is 989. The second kappa shape index (κ2) is 8.12. The number of likely N-dealkylation sites (N-methyl/N-ethyl adjacent to an activating group) is 1. The molecule has 1 fully saturated rings. The zero-order chi connectivity index (χ0) is 21.2. The lowest BCUT2D eigenvalue weighted by atomic mass is 10.1. The van der Waals surface area contributed by atoms with E-state index in [4.69, 9.17) is 21.7 Å². The van der Waals surface area contributed by atoms with Gasteiger partial charge in [-0.3, -0.25) is 9.69 Å².